The van der Waals surface area contributed by atoms with Crippen LogP contribution in [-0.4, -0.2) is 16.2 Å². The van der Waals surface area contributed by atoms with E-state index in [1.54, 1.807) is 0 Å². The van der Waals surface area contributed by atoms with Gasteiger partial charge in [0.2, 0.25) is 0 Å². The van der Waals surface area contributed by atoms with Gasteiger partial charge in [0, 0.05) is 46.0 Å². The molecule has 0 spiro atoms. The lowest BCUT2D eigenvalue weighted by molar-refractivity contribution is 0.483. The Morgan fingerprint density at radius 1 is 0.597 bits per heavy atom. The smallest absolute Gasteiger partial charge is 0.137 e. The molecule has 5 nitrogen and oxygen atoms in total. The monoisotopic (exact) mass is 812 g/mol. The highest BCUT2D eigenvalue weighted by Gasteiger charge is 2.29. The summed E-state index contributed by atoms with van der Waals surface area (Å²) in [5.74, 6) is 2.49. The number of nitrogens with zero attached hydrogens (tertiary/aromatic N) is 4. The SMILES string of the molecule is CC(C)Cc1cc(-n2c3ccccc3c3ccc(Oc4cccc(N5CN(c6cc(-c7ccccc7)cc(C(C)(C)C)c6)c6ccccc65)c4)cc32)ncc1-c1ccc(F)cc1. The van der Waals surface area contributed by atoms with Crippen LogP contribution < -0.4 is 14.5 Å². The molecule has 0 saturated carbocycles. The Bertz CT molecular complexity index is 3090. The number of ether oxygens (including phenoxy) is 1. The molecule has 9 aromatic rings. The number of benzene rings is 7. The van der Waals surface area contributed by atoms with Gasteiger partial charge in [0.05, 0.1) is 22.4 Å². The Kier molecular flexibility index (Phi) is 9.87. The molecule has 0 aliphatic carbocycles. The molecule has 10 rings (SSSR count). The number of aromatic nitrogens is 2. The first-order chi connectivity index (χ1) is 30.1. The molecule has 7 aromatic carbocycles. The second-order valence-corrected chi connectivity index (χ2v) is 17.8. The van der Waals surface area contributed by atoms with Gasteiger partial charge in [-0.3, -0.25) is 4.57 Å². The largest absolute Gasteiger partial charge is 0.457 e. The van der Waals surface area contributed by atoms with E-state index in [4.69, 9.17) is 9.72 Å². The van der Waals surface area contributed by atoms with Crippen molar-refractivity contribution in [3.8, 4) is 39.6 Å². The topological polar surface area (TPSA) is 33.5 Å². The first-order valence-corrected chi connectivity index (χ1v) is 21.5. The number of hydrogen-bond donors (Lipinski definition) is 0. The van der Waals surface area contributed by atoms with Gasteiger partial charge in [-0.15, -0.1) is 0 Å². The maximum absolute atomic E-state index is 13.9. The summed E-state index contributed by atoms with van der Waals surface area (Å²) < 4.78 is 22.9. The molecule has 306 valence electrons. The maximum atomic E-state index is 13.9. The lowest BCUT2D eigenvalue weighted by Gasteiger charge is -2.26. The highest BCUT2D eigenvalue weighted by Crippen LogP contribution is 2.46. The molecule has 1 aliphatic heterocycles. The molecular weight excluding hydrogens is 764 g/mol. The van der Waals surface area contributed by atoms with Gasteiger partial charge >= 0.3 is 0 Å². The van der Waals surface area contributed by atoms with Crippen LogP contribution in [0.5, 0.6) is 11.5 Å². The predicted molar refractivity (Wildman–Crippen MR) is 255 cm³/mol. The van der Waals surface area contributed by atoms with Crippen LogP contribution >= 0.6 is 0 Å². The Morgan fingerprint density at radius 2 is 1.29 bits per heavy atom. The molecule has 0 radical (unpaired) electrons. The third-order valence-electron chi connectivity index (χ3n) is 11.9. The molecule has 1 aliphatic rings. The van der Waals surface area contributed by atoms with Gasteiger partial charge in [-0.1, -0.05) is 120 Å². The standard InChI is InChI=1S/C56H49FN4O/c1-37(2)28-41-31-55(58-35-50(41)39-22-24-43(57)25-23-39)61-51-19-10-9-18-48(51)49-27-26-47(34-54(49)61)62-46-17-13-16-44(33-46)59-36-60(53-21-12-11-20-52(53)59)45-30-40(38-14-7-6-8-15-38)29-42(32-45)56(3,4)5/h6-27,29-35,37H,28,36H2,1-5H3. The second-order valence-electron chi connectivity index (χ2n) is 17.8. The van der Waals surface area contributed by atoms with Crippen molar-refractivity contribution < 1.29 is 9.13 Å². The van der Waals surface area contributed by atoms with Crippen LogP contribution in [0.25, 0.3) is 49.9 Å². The van der Waals surface area contributed by atoms with Gasteiger partial charge in [-0.25, -0.2) is 9.37 Å². The van der Waals surface area contributed by atoms with Gasteiger partial charge in [0.15, 0.2) is 0 Å². The minimum absolute atomic E-state index is 0.0233. The molecule has 0 amide bonds. The fourth-order valence-corrected chi connectivity index (χ4v) is 8.87. The summed E-state index contributed by atoms with van der Waals surface area (Å²) in [5, 5.41) is 2.27. The molecular formula is C56H49FN4O. The Hall–Kier alpha value is -7.18. The van der Waals surface area contributed by atoms with Crippen molar-refractivity contribution in [2.45, 2.75) is 46.5 Å². The highest BCUT2D eigenvalue weighted by atomic mass is 19.1. The first-order valence-electron chi connectivity index (χ1n) is 21.5. The molecule has 0 saturated heterocycles. The lowest BCUT2D eigenvalue weighted by atomic mass is 9.85. The van der Waals surface area contributed by atoms with Crippen LogP contribution in [0.2, 0.25) is 0 Å². The number of para-hydroxylation sites is 3. The zero-order valence-corrected chi connectivity index (χ0v) is 35.8. The molecule has 0 bridgehead atoms. The number of halogens is 1. The summed E-state index contributed by atoms with van der Waals surface area (Å²) >= 11 is 0. The van der Waals surface area contributed by atoms with Crippen LogP contribution in [0.3, 0.4) is 0 Å². The minimum atomic E-state index is -0.248. The van der Waals surface area contributed by atoms with Crippen molar-refractivity contribution in [3.05, 3.63) is 193 Å². The van der Waals surface area contributed by atoms with E-state index in [0.29, 0.717) is 12.6 Å². The molecule has 6 heteroatoms. The van der Waals surface area contributed by atoms with E-state index >= 15 is 0 Å². The number of rotatable bonds is 9. The van der Waals surface area contributed by atoms with Crippen molar-refractivity contribution in [3.63, 3.8) is 0 Å². The Morgan fingerprint density at radius 3 is 2.05 bits per heavy atom. The maximum Gasteiger partial charge on any atom is 0.137 e. The van der Waals surface area contributed by atoms with E-state index in [-0.39, 0.29) is 11.2 Å². The van der Waals surface area contributed by atoms with Crippen LogP contribution in [0, 0.1) is 11.7 Å². The van der Waals surface area contributed by atoms with Crippen molar-refractivity contribution in [1.29, 1.82) is 0 Å². The van der Waals surface area contributed by atoms with Crippen LogP contribution in [0.4, 0.5) is 27.1 Å². The zero-order valence-electron chi connectivity index (χ0n) is 35.8. The summed E-state index contributed by atoms with van der Waals surface area (Å²) in [6, 6.07) is 58.4. The second kappa shape index (κ2) is 15.7. The Labute approximate surface area is 363 Å². The molecule has 0 atom stereocenters. The average Bonchev–Trinajstić information content (AvgIpc) is 3.83. The van der Waals surface area contributed by atoms with Gasteiger partial charge < -0.3 is 14.5 Å². The quantitative estimate of drug-likeness (QED) is 0.145. The van der Waals surface area contributed by atoms with E-state index in [0.717, 1.165) is 73.7 Å². The third-order valence-corrected chi connectivity index (χ3v) is 11.9. The number of hydrogen-bond acceptors (Lipinski definition) is 4. The van der Waals surface area contributed by atoms with Crippen molar-refractivity contribution in [2.75, 3.05) is 16.5 Å². The van der Waals surface area contributed by atoms with Crippen molar-refractivity contribution in [2.24, 2.45) is 5.92 Å². The van der Waals surface area contributed by atoms with E-state index in [2.05, 4.69) is 189 Å². The molecule has 0 N–H and O–H groups in total. The number of anilines is 4. The van der Waals surface area contributed by atoms with E-state index in [1.165, 1.54) is 40.1 Å². The van der Waals surface area contributed by atoms with Gasteiger partial charge in [0.1, 0.15) is 29.8 Å². The normalized spacial score (nSPS) is 12.8. The lowest BCUT2D eigenvalue weighted by Crippen LogP contribution is -2.24. The van der Waals surface area contributed by atoms with Gasteiger partial charge in [-0.05, 0) is 118 Å². The average molecular weight is 813 g/mol. The molecule has 0 unspecified atom stereocenters. The van der Waals surface area contributed by atoms with Crippen molar-refractivity contribution in [1.82, 2.24) is 9.55 Å². The summed E-state index contributed by atoms with van der Waals surface area (Å²) in [7, 11) is 0. The van der Waals surface area contributed by atoms with E-state index in [9.17, 15) is 4.39 Å². The summed E-state index contributed by atoms with van der Waals surface area (Å²) in [6.45, 7) is 11.9. The fourth-order valence-electron chi connectivity index (χ4n) is 8.87. The highest BCUT2D eigenvalue weighted by molar-refractivity contribution is 6.09. The number of pyridine rings is 1. The molecule has 3 heterocycles. The first kappa shape index (κ1) is 39.0. The van der Waals surface area contributed by atoms with Gasteiger partial charge in [-0.2, -0.15) is 0 Å². The van der Waals surface area contributed by atoms with Crippen LogP contribution in [0.15, 0.2) is 176 Å². The fraction of sp³-hybridized carbons (Fsp3) is 0.161. The van der Waals surface area contributed by atoms with Crippen LogP contribution in [0.1, 0.15) is 45.7 Å². The zero-order chi connectivity index (χ0) is 42.5. The van der Waals surface area contributed by atoms with Gasteiger partial charge in [0.25, 0.3) is 0 Å². The third kappa shape index (κ3) is 7.36. The van der Waals surface area contributed by atoms with Crippen molar-refractivity contribution >= 4 is 44.6 Å². The molecule has 2 aromatic heterocycles. The van der Waals surface area contributed by atoms with E-state index in [1.807, 2.05) is 24.4 Å². The minimum Gasteiger partial charge on any atom is -0.457 e. The van der Waals surface area contributed by atoms with Crippen LogP contribution in [-0.2, 0) is 11.8 Å². The summed E-state index contributed by atoms with van der Waals surface area (Å²) in [4.78, 5) is 9.85. The van der Waals surface area contributed by atoms with E-state index < -0.39 is 0 Å². The predicted octanol–water partition coefficient (Wildman–Crippen LogP) is 15.2. The molecule has 62 heavy (non-hydrogen) atoms. The number of fused-ring (bicyclic) bond motifs is 4. The summed E-state index contributed by atoms with van der Waals surface area (Å²) in [6.07, 6.45) is 2.80. The Balaban J connectivity index is 1.00. The molecule has 0 fully saturated rings. The summed E-state index contributed by atoms with van der Waals surface area (Å²) in [5.41, 5.74) is 13.4.